The zero-order valence-electron chi connectivity index (χ0n) is 16.3. The third-order valence-electron chi connectivity index (χ3n) is 5.02. The van der Waals surface area contributed by atoms with Crippen LogP contribution in [0.1, 0.15) is 22.3 Å². The van der Waals surface area contributed by atoms with Crippen molar-refractivity contribution >= 4 is 14.4 Å². The van der Waals surface area contributed by atoms with Gasteiger partial charge in [-0.05, 0) is 0 Å². The van der Waals surface area contributed by atoms with Gasteiger partial charge in [0, 0.05) is 0 Å². The third kappa shape index (κ3) is 4.87. The average Bonchev–Trinajstić information content (AvgIpc) is 2.81. The summed E-state index contributed by atoms with van der Waals surface area (Å²) in [6.07, 6.45) is 0.903. The number of rotatable bonds is 6. The molecule has 0 atom stereocenters. The first-order valence-corrected chi connectivity index (χ1v) is 11.1. The van der Waals surface area contributed by atoms with E-state index in [0.29, 0.717) is 0 Å². The topological polar surface area (TPSA) is 0 Å². The van der Waals surface area contributed by atoms with Crippen LogP contribution in [0.2, 0.25) is 0 Å². The van der Waals surface area contributed by atoms with E-state index in [1.165, 1.54) is 60.8 Å². The maximum absolute atomic E-state index is 2.23. The summed E-state index contributed by atoms with van der Waals surface area (Å²) in [5.74, 6) is 0. The van der Waals surface area contributed by atoms with Gasteiger partial charge >= 0.3 is 189 Å². The van der Waals surface area contributed by atoms with Crippen LogP contribution < -0.4 is 0 Å². The number of benzene rings is 4. The molecule has 4 aromatic carbocycles. The number of allylic oxidation sites excluding steroid dienone is 2. The predicted molar refractivity (Wildman–Crippen MR) is 120 cm³/mol. The van der Waals surface area contributed by atoms with Crippen LogP contribution in [0.3, 0.4) is 0 Å². The van der Waals surface area contributed by atoms with Crippen molar-refractivity contribution in [2.75, 3.05) is 0 Å². The van der Waals surface area contributed by atoms with E-state index in [0.717, 1.165) is 6.42 Å². The standard InChI is InChI=1S/C28H22.Zr/c1-5-13-23(14-6-1)21-27(25-17-9-3-10-18-25)28(26-19-11-4-12-20-26)22-24-15-7-2-8-16-24;/h1-20H,21H2;. The van der Waals surface area contributed by atoms with Crippen molar-refractivity contribution in [3.63, 3.8) is 0 Å². The molecule has 0 radical (unpaired) electrons. The molecule has 0 aromatic heterocycles. The first-order valence-electron chi connectivity index (χ1n) is 9.85. The SMILES string of the molecule is [Zr]=[C](C(=C(Cc1ccccc1)c1ccccc1)c1ccccc1)c1ccccc1. The average molecular weight is 450 g/mol. The van der Waals surface area contributed by atoms with Crippen molar-refractivity contribution in [3.05, 3.63) is 144 Å². The maximum atomic E-state index is 2.23. The second kappa shape index (κ2) is 9.72. The quantitative estimate of drug-likeness (QED) is 0.291. The molecule has 0 bridgehead atoms. The van der Waals surface area contributed by atoms with Gasteiger partial charge in [-0.25, -0.2) is 0 Å². The van der Waals surface area contributed by atoms with E-state index in [1.807, 2.05) is 0 Å². The molecule has 138 valence electrons. The fraction of sp³-hybridized carbons (Fsp3) is 0.0357. The molecule has 0 aliphatic rings. The van der Waals surface area contributed by atoms with Gasteiger partial charge in [0.15, 0.2) is 0 Å². The molecular weight excluding hydrogens is 428 g/mol. The van der Waals surface area contributed by atoms with E-state index in [4.69, 9.17) is 0 Å². The molecule has 29 heavy (non-hydrogen) atoms. The van der Waals surface area contributed by atoms with Crippen LogP contribution in [0.4, 0.5) is 0 Å². The molecule has 0 amide bonds. The summed E-state index contributed by atoms with van der Waals surface area (Å²) in [5, 5.41) is 0. The molecule has 0 saturated carbocycles. The molecule has 0 saturated heterocycles. The first kappa shape index (κ1) is 19.7. The molecule has 4 aromatic rings. The van der Waals surface area contributed by atoms with Gasteiger partial charge in [-0.3, -0.25) is 0 Å². The number of hydrogen-bond acceptors (Lipinski definition) is 0. The van der Waals surface area contributed by atoms with Gasteiger partial charge < -0.3 is 0 Å². The van der Waals surface area contributed by atoms with E-state index >= 15 is 0 Å². The van der Waals surface area contributed by atoms with Crippen LogP contribution in [-0.4, -0.2) is 3.21 Å². The van der Waals surface area contributed by atoms with E-state index in [2.05, 4.69) is 121 Å². The third-order valence-corrected chi connectivity index (χ3v) is 6.35. The fourth-order valence-corrected chi connectivity index (χ4v) is 4.73. The van der Waals surface area contributed by atoms with Crippen molar-refractivity contribution in [3.8, 4) is 0 Å². The predicted octanol–water partition coefficient (Wildman–Crippen LogP) is 6.61. The Labute approximate surface area is 187 Å². The Hall–Kier alpha value is -2.63. The summed E-state index contributed by atoms with van der Waals surface area (Å²) in [7, 11) is 0. The molecule has 0 aliphatic heterocycles. The zero-order valence-corrected chi connectivity index (χ0v) is 18.7. The zero-order chi connectivity index (χ0) is 19.9. The Morgan fingerprint density at radius 2 is 0.897 bits per heavy atom. The van der Waals surface area contributed by atoms with E-state index in [9.17, 15) is 0 Å². The van der Waals surface area contributed by atoms with Gasteiger partial charge in [-0.2, -0.15) is 0 Å². The minimum absolute atomic E-state index is 0.903. The Morgan fingerprint density at radius 1 is 0.483 bits per heavy atom. The molecule has 4 rings (SSSR count). The summed E-state index contributed by atoms with van der Waals surface area (Å²) in [6, 6.07) is 43.2. The fourth-order valence-electron chi connectivity index (χ4n) is 3.60. The van der Waals surface area contributed by atoms with Crippen LogP contribution in [0.5, 0.6) is 0 Å². The van der Waals surface area contributed by atoms with Crippen LogP contribution in [0.15, 0.2) is 121 Å². The molecule has 0 heterocycles. The molecule has 0 N–H and O–H groups in total. The van der Waals surface area contributed by atoms with Crippen LogP contribution >= 0.6 is 0 Å². The monoisotopic (exact) mass is 448 g/mol. The Bertz CT molecular complexity index is 1100. The molecule has 0 fully saturated rings. The van der Waals surface area contributed by atoms with Crippen molar-refractivity contribution in [1.82, 2.24) is 0 Å². The second-order valence-corrected chi connectivity index (χ2v) is 8.22. The van der Waals surface area contributed by atoms with Crippen molar-refractivity contribution in [1.29, 1.82) is 0 Å². The second-order valence-electron chi connectivity index (χ2n) is 6.99. The molecule has 0 aliphatic carbocycles. The van der Waals surface area contributed by atoms with Gasteiger partial charge in [0.05, 0.1) is 0 Å². The van der Waals surface area contributed by atoms with Crippen LogP contribution in [0, 0.1) is 0 Å². The summed E-state index contributed by atoms with van der Waals surface area (Å²) >= 11 is 1.42. The molecule has 0 spiro atoms. The van der Waals surface area contributed by atoms with E-state index in [-0.39, 0.29) is 0 Å². The summed E-state index contributed by atoms with van der Waals surface area (Å²) in [4.78, 5) is 0. The molecule has 1 heteroatoms. The van der Waals surface area contributed by atoms with Gasteiger partial charge in [-0.1, -0.05) is 0 Å². The van der Waals surface area contributed by atoms with Gasteiger partial charge in [0.2, 0.25) is 0 Å². The Morgan fingerprint density at radius 3 is 1.41 bits per heavy atom. The number of hydrogen-bond donors (Lipinski definition) is 0. The van der Waals surface area contributed by atoms with Crippen LogP contribution in [0.25, 0.3) is 11.1 Å². The van der Waals surface area contributed by atoms with Gasteiger partial charge in [0.25, 0.3) is 0 Å². The first-order chi connectivity index (χ1) is 14.3. The Balaban J connectivity index is 1.95. The Kier molecular flexibility index (Phi) is 6.60. The minimum atomic E-state index is 0.903. The van der Waals surface area contributed by atoms with Crippen molar-refractivity contribution in [2.45, 2.75) is 6.42 Å². The van der Waals surface area contributed by atoms with Crippen LogP contribution in [-0.2, 0) is 30.7 Å². The molecule has 0 unspecified atom stereocenters. The summed E-state index contributed by atoms with van der Waals surface area (Å²) in [6.45, 7) is 0. The van der Waals surface area contributed by atoms with E-state index in [1.54, 1.807) is 0 Å². The summed E-state index contributed by atoms with van der Waals surface area (Å²) in [5.41, 5.74) is 7.91. The van der Waals surface area contributed by atoms with Gasteiger partial charge in [-0.15, -0.1) is 0 Å². The van der Waals surface area contributed by atoms with Gasteiger partial charge in [0.1, 0.15) is 0 Å². The van der Waals surface area contributed by atoms with E-state index < -0.39 is 0 Å². The summed E-state index contributed by atoms with van der Waals surface area (Å²) < 4.78 is 1.39. The van der Waals surface area contributed by atoms with Crippen molar-refractivity contribution < 1.29 is 24.2 Å². The van der Waals surface area contributed by atoms with Crippen molar-refractivity contribution in [2.24, 2.45) is 0 Å². The molecule has 0 nitrogen and oxygen atoms in total. The normalized spacial score (nSPS) is 11.6. The molecular formula is C28H22Zr.